The van der Waals surface area contributed by atoms with Crippen molar-refractivity contribution < 1.29 is 23.1 Å². The number of fused-ring (bicyclic) bond motifs is 1. The van der Waals surface area contributed by atoms with Crippen molar-refractivity contribution in [2.75, 3.05) is 5.32 Å². The van der Waals surface area contributed by atoms with Crippen molar-refractivity contribution in [2.45, 2.75) is 0 Å². The summed E-state index contributed by atoms with van der Waals surface area (Å²) in [4.78, 5) is 20.6. The highest BCUT2D eigenvalue weighted by atomic mass is 19.1. The van der Waals surface area contributed by atoms with Crippen molar-refractivity contribution in [3.63, 3.8) is 0 Å². The minimum atomic E-state index is -1.14. The lowest BCUT2D eigenvalue weighted by molar-refractivity contribution is 0.111. The third kappa shape index (κ3) is 1.28. The van der Waals surface area contributed by atoms with Gasteiger partial charge in [0.1, 0.15) is 5.82 Å². The zero-order chi connectivity index (χ0) is 11.0. The molecule has 76 valence electrons. The fraction of sp³-hybridized carbons (Fsp3) is 0. The van der Waals surface area contributed by atoms with Crippen LogP contribution in [-0.2, 0) is 4.79 Å². The molecule has 15 heavy (non-hydrogen) atoms. The first-order chi connectivity index (χ1) is 7.17. The lowest BCUT2D eigenvalue weighted by Crippen LogP contribution is -1.96. The van der Waals surface area contributed by atoms with Gasteiger partial charge >= 0.3 is 0 Å². The largest absolute Gasteiger partial charge is 0.426 e. The third-order valence-electron chi connectivity index (χ3n) is 1.87. The van der Waals surface area contributed by atoms with E-state index in [1.54, 1.807) is 0 Å². The van der Waals surface area contributed by atoms with Gasteiger partial charge in [-0.05, 0) is 0 Å². The van der Waals surface area contributed by atoms with Gasteiger partial charge in [-0.15, -0.1) is 0 Å². The number of ether oxygens (including phenoxy) is 1. The van der Waals surface area contributed by atoms with Crippen LogP contribution in [0.15, 0.2) is 11.9 Å². The van der Waals surface area contributed by atoms with Gasteiger partial charge in [-0.3, -0.25) is 4.79 Å². The van der Waals surface area contributed by atoms with Crippen LogP contribution in [0.4, 0.5) is 14.5 Å². The van der Waals surface area contributed by atoms with Crippen LogP contribution < -0.4 is 10.1 Å². The summed E-state index contributed by atoms with van der Waals surface area (Å²) in [7, 11) is 0. The second-order valence-electron chi connectivity index (χ2n) is 2.74. The number of rotatable bonds is 1. The number of halogens is 2. The SMILES string of the molecule is O=C=C1Nc2cc(F)c(C=O)c(F)c2O1. The molecule has 0 atom stereocenters. The van der Waals surface area contributed by atoms with Gasteiger partial charge in [0.05, 0.1) is 11.3 Å². The molecule has 0 radical (unpaired) electrons. The molecule has 0 unspecified atom stereocenters. The summed E-state index contributed by atoms with van der Waals surface area (Å²) in [5.41, 5.74) is -0.781. The van der Waals surface area contributed by atoms with Gasteiger partial charge in [-0.1, -0.05) is 0 Å². The van der Waals surface area contributed by atoms with Crippen LogP contribution in [0.1, 0.15) is 10.4 Å². The first-order valence-electron chi connectivity index (χ1n) is 3.84. The Morgan fingerprint density at radius 1 is 1.47 bits per heavy atom. The van der Waals surface area contributed by atoms with Gasteiger partial charge in [0, 0.05) is 6.07 Å². The molecular weight excluding hydrogens is 208 g/mol. The fourth-order valence-corrected chi connectivity index (χ4v) is 1.21. The summed E-state index contributed by atoms with van der Waals surface area (Å²) >= 11 is 0. The number of carbonyl (C=O) groups is 1. The number of nitrogens with one attached hydrogen (secondary N) is 1. The summed E-state index contributed by atoms with van der Waals surface area (Å²) in [6.07, 6.45) is 0.0386. The Bertz CT molecular complexity index is 507. The second kappa shape index (κ2) is 3.18. The third-order valence-corrected chi connectivity index (χ3v) is 1.87. The zero-order valence-electron chi connectivity index (χ0n) is 7.14. The molecule has 6 heteroatoms. The van der Waals surface area contributed by atoms with Crippen molar-refractivity contribution in [3.8, 4) is 5.75 Å². The van der Waals surface area contributed by atoms with Crippen LogP contribution in [0.5, 0.6) is 5.75 Å². The highest BCUT2D eigenvalue weighted by Gasteiger charge is 2.26. The Morgan fingerprint density at radius 2 is 2.20 bits per heavy atom. The number of benzene rings is 1. The Balaban J connectivity index is 2.66. The summed E-state index contributed by atoms with van der Waals surface area (Å²) in [5, 5.41) is 2.29. The molecule has 0 aliphatic carbocycles. The quantitative estimate of drug-likeness (QED) is 0.561. The molecule has 1 heterocycles. The van der Waals surface area contributed by atoms with Crippen molar-refractivity contribution >= 4 is 17.9 Å². The molecule has 1 aromatic carbocycles. The van der Waals surface area contributed by atoms with Crippen LogP contribution in [0.3, 0.4) is 0 Å². The number of carbonyl (C=O) groups excluding carboxylic acids is 2. The van der Waals surface area contributed by atoms with Gasteiger partial charge in [-0.2, -0.15) is 0 Å². The molecule has 0 spiro atoms. The maximum absolute atomic E-state index is 13.4. The number of hydrogen-bond donors (Lipinski definition) is 1. The van der Waals surface area contributed by atoms with E-state index in [0.717, 1.165) is 6.07 Å². The molecule has 0 amide bonds. The lowest BCUT2D eigenvalue weighted by Gasteiger charge is -2.01. The highest BCUT2D eigenvalue weighted by molar-refractivity contribution is 5.81. The monoisotopic (exact) mass is 211 g/mol. The summed E-state index contributed by atoms with van der Waals surface area (Å²) in [6.45, 7) is 0. The van der Waals surface area contributed by atoms with E-state index in [0.29, 0.717) is 0 Å². The molecule has 4 nitrogen and oxygen atoms in total. The van der Waals surface area contributed by atoms with Crippen LogP contribution >= 0.6 is 0 Å². The predicted octanol–water partition coefficient (Wildman–Crippen LogP) is 1.25. The van der Waals surface area contributed by atoms with Crippen LogP contribution in [0.2, 0.25) is 0 Å². The molecule has 0 aromatic heterocycles. The summed E-state index contributed by atoms with van der Waals surface area (Å²) < 4.78 is 31.1. The average Bonchev–Trinajstić information content (AvgIpc) is 2.61. The molecule has 0 fully saturated rings. The predicted molar refractivity (Wildman–Crippen MR) is 45.2 cm³/mol. The molecule has 0 saturated carbocycles. The second-order valence-corrected chi connectivity index (χ2v) is 2.74. The van der Waals surface area contributed by atoms with Crippen molar-refractivity contribution in [2.24, 2.45) is 0 Å². The van der Waals surface area contributed by atoms with E-state index in [1.807, 2.05) is 0 Å². The van der Waals surface area contributed by atoms with E-state index in [1.165, 1.54) is 5.94 Å². The van der Waals surface area contributed by atoms with Gasteiger partial charge in [0.2, 0.25) is 0 Å². The first kappa shape index (κ1) is 9.36. The van der Waals surface area contributed by atoms with Gasteiger partial charge < -0.3 is 10.1 Å². The topological polar surface area (TPSA) is 55.4 Å². The maximum atomic E-state index is 13.4. The summed E-state index contributed by atoms with van der Waals surface area (Å²) in [5.74, 6) is -1.56. The molecule has 1 N–H and O–H groups in total. The number of hydrogen-bond acceptors (Lipinski definition) is 4. The standard InChI is InChI=1S/C9H3F2NO3/c10-5-1-6-9(8(11)4(5)2-13)15-7(3-14)12-6/h1-2,12H. The molecule has 1 aromatic rings. The van der Waals surface area contributed by atoms with Crippen LogP contribution in [0, 0.1) is 11.6 Å². The van der Waals surface area contributed by atoms with Crippen molar-refractivity contribution in [1.82, 2.24) is 0 Å². The average molecular weight is 211 g/mol. The van der Waals surface area contributed by atoms with Crippen molar-refractivity contribution in [3.05, 3.63) is 29.1 Å². The number of anilines is 1. The maximum Gasteiger partial charge on any atom is 0.285 e. The molecule has 2 rings (SSSR count). The van der Waals surface area contributed by atoms with E-state index in [-0.39, 0.29) is 23.6 Å². The van der Waals surface area contributed by atoms with E-state index in [4.69, 9.17) is 0 Å². The Labute approximate surface area is 82.1 Å². The van der Waals surface area contributed by atoms with E-state index in [2.05, 4.69) is 10.1 Å². The smallest absolute Gasteiger partial charge is 0.285 e. The highest BCUT2D eigenvalue weighted by Crippen LogP contribution is 2.37. The molecular formula is C9H3F2NO3. The van der Waals surface area contributed by atoms with Crippen LogP contribution in [-0.4, -0.2) is 12.2 Å². The fourth-order valence-electron chi connectivity index (χ4n) is 1.21. The lowest BCUT2D eigenvalue weighted by atomic mass is 10.2. The molecule has 0 bridgehead atoms. The molecule has 1 aliphatic heterocycles. The normalized spacial score (nSPS) is 12.5. The van der Waals surface area contributed by atoms with E-state index < -0.39 is 17.2 Å². The molecule has 1 aliphatic rings. The minimum absolute atomic E-state index is 0.0386. The molecule has 0 saturated heterocycles. The Kier molecular flexibility index (Phi) is 1.98. The van der Waals surface area contributed by atoms with E-state index in [9.17, 15) is 18.4 Å². The van der Waals surface area contributed by atoms with E-state index >= 15 is 0 Å². The van der Waals surface area contributed by atoms with Gasteiger partial charge in [0.15, 0.2) is 23.8 Å². The van der Waals surface area contributed by atoms with Crippen LogP contribution in [0.25, 0.3) is 0 Å². The van der Waals surface area contributed by atoms with Gasteiger partial charge in [-0.25, -0.2) is 13.6 Å². The first-order valence-corrected chi connectivity index (χ1v) is 3.84. The summed E-state index contributed by atoms with van der Waals surface area (Å²) in [6, 6.07) is 0.868. The zero-order valence-corrected chi connectivity index (χ0v) is 7.14. The Morgan fingerprint density at radius 3 is 2.80 bits per heavy atom. The Hall–Kier alpha value is -2.20. The minimum Gasteiger partial charge on any atom is -0.426 e. The van der Waals surface area contributed by atoms with Gasteiger partial charge in [0.25, 0.3) is 5.88 Å². The number of aldehydes is 1. The van der Waals surface area contributed by atoms with Crippen molar-refractivity contribution in [1.29, 1.82) is 0 Å².